The summed E-state index contributed by atoms with van der Waals surface area (Å²) in [5, 5.41) is 24.4. The number of hydrogen-bond donors (Lipinski definition) is 2. The van der Waals surface area contributed by atoms with E-state index in [4.69, 9.17) is 4.74 Å². The number of aromatic amines is 1. The number of hydrogen-bond acceptors (Lipinski definition) is 7. The van der Waals surface area contributed by atoms with Gasteiger partial charge >= 0.3 is 5.97 Å². The number of rotatable bonds is 4. The van der Waals surface area contributed by atoms with Crippen molar-refractivity contribution in [3.8, 4) is 6.07 Å². The lowest BCUT2D eigenvalue weighted by Crippen LogP contribution is -2.24. The molecule has 9 nitrogen and oxygen atoms in total. The van der Waals surface area contributed by atoms with Crippen LogP contribution in [-0.2, 0) is 11.8 Å². The summed E-state index contributed by atoms with van der Waals surface area (Å²) in [6, 6.07) is 15.6. The highest BCUT2D eigenvalue weighted by molar-refractivity contribution is 6.02. The Hall–Kier alpha value is -4.45. The van der Waals surface area contributed by atoms with Crippen LogP contribution in [0.15, 0.2) is 59.1 Å². The number of nitrogens with one attached hydrogen (secondary N) is 1. The number of H-pyrrole nitrogens is 1. The van der Waals surface area contributed by atoms with Gasteiger partial charge in [0.25, 0.3) is 5.56 Å². The van der Waals surface area contributed by atoms with Crippen molar-refractivity contribution >= 4 is 33.3 Å². The van der Waals surface area contributed by atoms with E-state index in [0.717, 1.165) is 4.68 Å². The molecule has 2 heterocycles. The molecule has 0 radical (unpaired) electrons. The molecule has 0 amide bonds. The van der Waals surface area contributed by atoms with Crippen molar-refractivity contribution in [2.75, 3.05) is 6.61 Å². The monoisotopic (exact) mass is 401 g/mol. The van der Waals surface area contributed by atoms with Crippen LogP contribution in [0.1, 0.15) is 16.3 Å². The van der Waals surface area contributed by atoms with Crippen LogP contribution in [-0.4, -0.2) is 37.4 Å². The molecule has 2 aromatic carbocycles. The highest BCUT2D eigenvalue weighted by atomic mass is 16.5. The Labute approximate surface area is 169 Å². The standard InChI is InChI=1S/C21H15N5O4/c1-26-20(28)13-7-3-2-6-12(13)18(25-26)21(29)30-11-17(27)14(10-22)19-23-15-8-4-5-9-16(15)24-19/h2-9,27H,11H2,1H3,(H,23,24)/b17-14+. The molecule has 0 aliphatic heterocycles. The molecule has 2 aromatic heterocycles. The number of fused-ring (bicyclic) bond motifs is 2. The van der Waals surface area contributed by atoms with Crippen molar-refractivity contribution in [2.45, 2.75) is 0 Å². The van der Waals surface area contributed by atoms with Crippen molar-refractivity contribution in [3.63, 3.8) is 0 Å². The summed E-state index contributed by atoms with van der Waals surface area (Å²) in [6.45, 7) is -0.558. The van der Waals surface area contributed by atoms with Crippen LogP contribution in [0.5, 0.6) is 0 Å². The summed E-state index contributed by atoms with van der Waals surface area (Å²) in [5.74, 6) is -1.13. The van der Waals surface area contributed by atoms with Gasteiger partial charge in [0.05, 0.1) is 16.4 Å². The molecular weight excluding hydrogens is 386 g/mol. The van der Waals surface area contributed by atoms with Crippen LogP contribution < -0.4 is 5.56 Å². The fraction of sp³-hybridized carbons (Fsp3) is 0.0952. The maximum absolute atomic E-state index is 12.6. The van der Waals surface area contributed by atoms with Gasteiger partial charge < -0.3 is 14.8 Å². The molecular formula is C21H15N5O4. The molecule has 30 heavy (non-hydrogen) atoms. The Kier molecular flexibility index (Phi) is 4.74. The number of para-hydroxylation sites is 2. The first-order valence-electron chi connectivity index (χ1n) is 8.90. The average molecular weight is 401 g/mol. The number of esters is 1. The van der Waals surface area contributed by atoms with E-state index in [1.165, 1.54) is 7.05 Å². The first kappa shape index (κ1) is 18.9. The number of ether oxygens (including phenoxy) is 1. The second-order valence-corrected chi connectivity index (χ2v) is 6.44. The maximum Gasteiger partial charge on any atom is 0.359 e. The zero-order chi connectivity index (χ0) is 21.3. The van der Waals surface area contributed by atoms with Crippen LogP contribution in [0.3, 0.4) is 0 Å². The molecule has 0 saturated heterocycles. The zero-order valence-electron chi connectivity index (χ0n) is 15.8. The lowest BCUT2D eigenvalue weighted by molar-refractivity contribution is 0.0496. The number of allylic oxidation sites excluding steroid dienone is 1. The fourth-order valence-corrected chi connectivity index (χ4v) is 3.05. The van der Waals surface area contributed by atoms with Gasteiger partial charge in [-0.1, -0.05) is 30.3 Å². The molecule has 4 rings (SSSR count). The van der Waals surface area contributed by atoms with Crippen molar-refractivity contribution < 1.29 is 14.6 Å². The Balaban J connectivity index is 1.63. The number of aliphatic hydroxyl groups excluding tert-OH is 1. The van der Waals surface area contributed by atoms with E-state index < -0.39 is 18.3 Å². The van der Waals surface area contributed by atoms with E-state index in [1.807, 2.05) is 12.1 Å². The van der Waals surface area contributed by atoms with Crippen LogP contribution in [0, 0.1) is 11.3 Å². The van der Waals surface area contributed by atoms with Crippen LogP contribution >= 0.6 is 0 Å². The summed E-state index contributed by atoms with van der Waals surface area (Å²) in [7, 11) is 1.43. The van der Waals surface area contributed by atoms with Gasteiger partial charge in [-0.2, -0.15) is 10.4 Å². The van der Waals surface area contributed by atoms with Crippen LogP contribution in [0.2, 0.25) is 0 Å². The van der Waals surface area contributed by atoms with Gasteiger partial charge in [0, 0.05) is 12.4 Å². The fourth-order valence-electron chi connectivity index (χ4n) is 3.05. The molecule has 0 aliphatic rings. The van der Waals surface area contributed by atoms with Crippen LogP contribution in [0.4, 0.5) is 0 Å². The molecule has 0 aliphatic carbocycles. The van der Waals surface area contributed by atoms with Gasteiger partial charge in [0.15, 0.2) is 17.3 Å². The molecule has 0 saturated carbocycles. The predicted molar refractivity (Wildman–Crippen MR) is 109 cm³/mol. The minimum absolute atomic E-state index is 0.0669. The Morgan fingerprint density at radius 3 is 2.63 bits per heavy atom. The van der Waals surface area contributed by atoms with Crippen molar-refractivity contribution in [1.29, 1.82) is 5.26 Å². The minimum Gasteiger partial charge on any atom is -0.507 e. The van der Waals surface area contributed by atoms with E-state index >= 15 is 0 Å². The van der Waals surface area contributed by atoms with E-state index in [9.17, 15) is 20.0 Å². The molecule has 0 bridgehead atoms. The Morgan fingerprint density at radius 2 is 1.90 bits per heavy atom. The lowest BCUT2D eigenvalue weighted by atomic mass is 10.1. The van der Waals surface area contributed by atoms with E-state index in [1.54, 1.807) is 42.5 Å². The zero-order valence-corrected chi connectivity index (χ0v) is 15.8. The number of aryl methyl sites for hydroxylation is 1. The van der Waals surface area contributed by atoms with Gasteiger partial charge in [-0.05, 0) is 18.2 Å². The first-order chi connectivity index (χ1) is 14.5. The highest BCUT2D eigenvalue weighted by Crippen LogP contribution is 2.19. The first-order valence-corrected chi connectivity index (χ1v) is 8.90. The lowest BCUT2D eigenvalue weighted by Gasteiger charge is -2.08. The largest absolute Gasteiger partial charge is 0.507 e. The smallest absolute Gasteiger partial charge is 0.359 e. The van der Waals surface area contributed by atoms with Gasteiger partial charge in [0.2, 0.25) is 0 Å². The quantitative estimate of drug-likeness (QED) is 0.305. The van der Waals surface area contributed by atoms with Crippen molar-refractivity contribution in [1.82, 2.24) is 19.7 Å². The summed E-state index contributed by atoms with van der Waals surface area (Å²) < 4.78 is 6.20. The maximum atomic E-state index is 12.6. The number of carbonyl (C=O) groups excluding carboxylic acids is 1. The number of aromatic nitrogens is 4. The number of nitriles is 1. The Morgan fingerprint density at radius 1 is 1.20 bits per heavy atom. The summed E-state index contributed by atoms with van der Waals surface area (Å²) in [5.41, 5.74) is 0.776. The van der Waals surface area contributed by atoms with E-state index in [2.05, 4.69) is 15.1 Å². The third kappa shape index (κ3) is 3.27. The predicted octanol–water partition coefficient (Wildman–Crippen LogP) is 2.46. The number of aliphatic hydroxyl groups is 1. The van der Waals surface area contributed by atoms with Gasteiger partial charge in [-0.3, -0.25) is 4.79 Å². The third-order valence-corrected chi connectivity index (χ3v) is 4.52. The minimum atomic E-state index is -0.838. The second kappa shape index (κ2) is 7.52. The molecule has 0 spiro atoms. The number of benzene rings is 2. The van der Waals surface area contributed by atoms with Gasteiger partial charge in [0.1, 0.15) is 18.2 Å². The van der Waals surface area contributed by atoms with E-state index in [-0.39, 0.29) is 22.7 Å². The summed E-state index contributed by atoms with van der Waals surface area (Å²) >= 11 is 0. The molecule has 4 aromatic rings. The van der Waals surface area contributed by atoms with Gasteiger partial charge in [-0.25, -0.2) is 14.5 Å². The average Bonchev–Trinajstić information content (AvgIpc) is 3.18. The SMILES string of the molecule is Cn1nc(C(=O)OC/C(O)=C(/C#N)c2nc3ccccc3[nH]2)c2ccccc2c1=O. The van der Waals surface area contributed by atoms with Crippen molar-refractivity contribution in [2.24, 2.45) is 7.05 Å². The molecule has 148 valence electrons. The Bertz CT molecular complexity index is 1390. The number of nitrogens with zero attached hydrogens (tertiary/aromatic N) is 4. The molecule has 9 heteroatoms. The molecule has 2 N–H and O–H groups in total. The highest BCUT2D eigenvalue weighted by Gasteiger charge is 2.19. The van der Waals surface area contributed by atoms with Crippen LogP contribution in [0.25, 0.3) is 27.4 Å². The number of imidazole rings is 1. The second-order valence-electron chi connectivity index (χ2n) is 6.44. The number of carbonyl (C=O) groups is 1. The third-order valence-electron chi connectivity index (χ3n) is 4.52. The normalized spacial score (nSPS) is 11.9. The molecule has 0 fully saturated rings. The van der Waals surface area contributed by atoms with Gasteiger partial charge in [-0.15, -0.1) is 0 Å². The van der Waals surface area contributed by atoms with Crippen molar-refractivity contribution in [3.05, 3.63) is 76.2 Å². The summed E-state index contributed by atoms with van der Waals surface area (Å²) in [4.78, 5) is 32.0. The molecule has 0 unspecified atom stereocenters. The molecule has 0 atom stereocenters. The summed E-state index contributed by atoms with van der Waals surface area (Å²) in [6.07, 6.45) is 0. The topological polar surface area (TPSA) is 134 Å². The van der Waals surface area contributed by atoms with E-state index in [0.29, 0.717) is 21.8 Å².